The average Bonchev–Trinajstić information content (AvgIpc) is 2.26. The van der Waals surface area contributed by atoms with Crippen LogP contribution in [-0.4, -0.2) is 43.6 Å². The van der Waals surface area contributed by atoms with Crippen molar-refractivity contribution >= 4 is 17.7 Å². The topological polar surface area (TPSA) is 70.2 Å². The highest BCUT2D eigenvalue weighted by Gasteiger charge is 2.02. The number of carbonyl (C=O) groups excluding carboxylic acids is 1. The molecule has 1 rings (SSSR count). The number of likely N-dealkylation sites (N-methyl/N-ethyl adjacent to an activating group) is 1. The van der Waals surface area contributed by atoms with Crippen molar-refractivity contribution in [3.05, 3.63) is 12.3 Å². The molecule has 1 heterocycles. The van der Waals surface area contributed by atoms with Gasteiger partial charge in [0.15, 0.2) is 0 Å². The summed E-state index contributed by atoms with van der Waals surface area (Å²) in [5.74, 6) is 1.16. The monoisotopic (exact) mass is 209 g/mol. The Labute approximate surface area is 88.7 Å². The molecule has 0 bridgehead atoms. The van der Waals surface area contributed by atoms with Crippen LogP contribution in [0.5, 0.6) is 0 Å². The van der Waals surface area contributed by atoms with Gasteiger partial charge in [-0.15, -0.1) is 0 Å². The van der Waals surface area contributed by atoms with Crippen LogP contribution < -0.4 is 15.5 Å². The minimum atomic E-state index is -0.0833. The van der Waals surface area contributed by atoms with E-state index < -0.39 is 0 Å². The molecule has 1 aromatic rings. The van der Waals surface area contributed by atoms with Gasteiger partial charge in [-0.1, -0.05) is 0 Å². The van der Waals surface area contributed by atoms with E-state index in [4.69, 9.17) is 0 Å². The lowest BCUT2D eigenvalue weighted by Gasteiger charge is -2.11. The Morgan fingerprint density at radius 1 is 1.53 bits per heavy atom. The SMILES string of the molecule is CNC(=O)CNc1ccnc(N(C)C)n1. The van der Waals surface area contributed by atoms with Crippen LogP contribution in [0.4, 0.5) is 11.8 Å². The number of amides is 1. The van der Waals surface area contributed by atoms with Gasteiger partial charge in [-0.05, 0) is 6.07 Å². The van der Waals surface area contributed by atoms with Crippen molar-refractivity contribution in [1.82, 2.24) is 15.3 Å². The summed E-state index contributed by atoms with van der Waals surface area (Å²) < 4.78 is 0. The van der Waals surface area contributed by atoms with Crippen LogP contribution in [0.3, 0.4) is 0 Å². The lowest BCUT2D eigenvalue weighted by molar-refractivity contribution is -0.118. The van der Waals surface area contributed by atoms with E-state index in [2.05, 4.69) is 20.6 Å². The molecule has 0 spiro atoms. The first-order valence-corrected chi connectivity index (χ1v) is 4.58. The molecular formula is C9H15N5O. The molecule has 0 aliphatic carbocycles. The molecule has 1 aromatic heterocycles. The first-order valence-electron chi connectivity index (χ1n) is 4.58. The van der Waals surface area contributed by atoms with Crippen LogP contribution in [-0.2, 0) is 4.79 Å². The maximum atomic E-state index is 11.0. The normalized spacial score (nSPS) is 9.53. The summed E-state index contributed by atoms with van der Waals surface area (Å²) in [7, 11) is 5.31. The largest absolute Gasteiger partial charge is 0.361 e. The van der Waals surface area contributed by atoms with E-state index in [1.807, 2.05) is 14.1 Å². The molecule has 82 valence electrons. The molecule has 15 heavy (non-hydrogen) atoms. The van der Waals surface area contributed by atoms with Crippen molar-refractivity contribution in [2.75, 3.05) is 37.9 Å². The molecule has 6 heteroatoms. The summed E-state index contributed by atoms with van der Waals surface area (Å²) >= 11 is 0. The molecule has 2 N–H and O–H groups in total. The van der Waals surface area contributed by atoms with E-state index in [9.17, 15) is 4.79 Å². The highest BCUT2D eigenvalue weighted by Crippen LogP contribution is 2.06. The fourth-order valence-corrected chi connectivity index (χ4v) is 0.922. The summed E-state index contributed by atoms with van der Waals surface area (Å²) in [4.78, 5) is 21.0. The van der Waals surface area contributed by atoms with Gasteiger partial charge in [0, 0.05) is 27.3 Å². The van der Waals surface area contributed by atoms with Crippen molar-refractivity contribution < 1.29 is 4.79 Å². The zero-order valence-corrected chi connectivity index (χ0v) is 9.11. The molecule has 1 amide bonds. The lowest BCUT2D eigenvalue weighted by atomic mass is 10.5. The fraction of sp³-hybridized carbons (Fsp3) is 0.444. The summed E-state index contributed by atoms with van der Waals surface area (Å²) in [6.45, 7) is 0.209. The van der Waals surface area contributed by atoms with E-state index in [0.29, 0.717) is 11.8 Å². The number of nitrogens with zero attached hydrogens (tertiary/aromatic N) is 3. The van der Waals surface area contributed by atoms with E-state index in [1.165, 1.54) is 0 Å². The number of aromatic nitrogens is 2. The van der Waals surface area contributed by atoms with Gasteiger partial charge in [-0.25, -0.2) is 4.98 Å². The second-order valence-corrected chi connectivity index (χ2v) is 3.16. The van der Waals surface area contributed by atoms with Gasteiger partial charge in [-0.2, -0.15) is 4.98 Å². The maximum Gasteiger partial charge on any atom is 0.239 e. The summed E-state index contributed by atoms with van der Waals surface area (Å²) in [5.41, 5.74) is 0. The molecule has 0 atom stereocenters. The molecular weight excluding hydrogens is 194 g/mol. The molecule has 0 saturated heterocycles. The summed E-state index contributed by atoms with van der Waals surface area (Å²) in [6, 6.07) is 1.72. The molecule has 0 saturated carbocycles. The van der Waals surface area contributed by atoms with Crippen LogP contribution >= 0.6 is 0 Å². The van der Waals surface area contributed by atoms with Crippen molar-refractivity contribution in [2.45, 2.75) is 0 Å². The van der Waals surface area contributed by atoms with Gasteiger partial charge in [0.05, 0.1) is 6.54 Å². The number of nitrogens with one attached hydrogen (secondary N) is 2. The first-order chi connectivity index (χ1) is 7.13. The molecule has 6 nitrogen and oxygen atoms in total. The minimum absolute atomic E-state index is 0.0833. The van der Waals surface area contributed by atoms with Gasteiger partial charge >= 0.3 is 0 Å². The molecule has 0 radical (unpaired) electrons. The van der Waals surface area contributed by atoms with E-state index in [0.717, 1.165) is 0 Å². The number of anilines is 2. The van der Waals surface area contributed by atoms with Crippen LogP contribution in [0.15, 0.2) is 12.3 Å². The molecule has 0 aliphatic rings. The Bertz CT molecular complexity index is 339. The zero-order chi connectivity index (χ0) is 11.3. The number of carbonyl (C=O) groups is 1. The van der Waals surface area contributed by atoms with E-state index in [-0.39, 0.29) is 12.5 Å². The fourth-order valence-electron chi connectivity index (χ4n) is 0.922. The molecule has 0 unspecified atom stereocenters. The van der Waals surface area contributed by atoms with Crippen LogP contribution in [0.25, 0.3) is 0 Å². The third-order valence-electron chi connectivity index (χ3n) is 1.75. The molecule has 0 aliphatic heterocycles. The van der Waals surface area contributed by atoms with Crippen LogP contribution in [0, 0.1) is 0 Å². The van der Waals surface area contributed by atoms with E-state index in [1.54, 1.807) is 24.2 Å². The first kappa shape index (κ1) is 11.2. The second kappa shape index (κ2) is 5.14. The zero-order valence-electron chi connectivity index (χ0n) is 9.11. The predicted octanol–water partition coefficient (Wildman–Crippen LogP) is -0.299. The Morgan fingerprint density at radius 3 is 2.87 bits per heavy atom. The summed E-state index contributed by atoms with van der Waals surface area (Å²) in [5, 5.41) is 5.42. The second-order valence-electron chi connectivity index (χ2n) is 3.16. The van der Waals surface area contributed by atoms with Gasteiger partial charge < -0.3 is 15.5 Å². The Hall–Kier alpha value is -1.85. The van der Waals surface area contributed by atoms with Gasteiger partial charge in [-0.3, -0.25) is 4.79 Å². The smallest absolute Gasteiger partial charge is 0.239 e. The number of rotatable bonds is 4. The molecule has 0 fully saturated rings. The van der Waals surface area contributed by atoms with Crippen LogP contribution in [0.2, 0.25) is 0 Å². The van der Waals surface area contributed by atoms with Gasteiger partial charge in [0.2, 0.25) is 11.9 Å². The number of hydrogen-bond donors (Lipinski definition) is 2. The van der Waals surface area contributed by atoms with Crippen molar-refractivity contribution in [3.8, 4) is 0 Å². The Balaban J connectivity index is 2.61. The summed E-state index contributed by atoms with van der Waals surface area (Å²) in [6.07, 6.45) is 1.65. The average molecular weight is 209 g/mol. The Kier molecular flexibility index (Phi) is 3.84. The minimum Gasteiger partial charge on any atom is -0.361 e. The predicted molar refractivity (Wildman–Crippen MR) is 58.9 cm³/mol. The maximum absolute atomic E-state index is 11.0. The van der Waals surface area contributed by atoms with Crippen molar-refractivity contribution in [3.63, 3.8) is 0 Å². The van der Waals surface area contributed by atoms with Gasteiger partial charge in [0.1, 0.15) is 5.82 Å². The van der Waals surface area contributed by atoms with Crippen molar-refractivity contribution in [2.24, 2.45) is 0 Å². The standard InChI is InChI=1S/C9H15N5O/c1-10-8(15)6-12-7-4-5-11-9(13-7)14(2)3/h4-5H,6H2,1-3H3,(H,10,15)(H,11,12,13). The third kappa shape index (κ3) is 3.41. The third-order valence-corrected chi connectivity index (χ3v) is 1.75. The quantitative estimate of drug-likeness (QED) is 0.712. The Morgan fingerprint density at radius 2 is 2.27 bits per heavy atom. The number of hydrogen-bond acceptors (Lipinski definition) is 5. The molecule has 0 aromatic carbocycles. The highest BCUT2D eigenvalue weighted by atomic mass is 16.1. The van der Waals surface area contributed by atoms with Crippen molar-refractivity contribution in [1.29, 1.82) is 0 Å². The van der Waals surface area contributed by atoms with E-state index >= 15 is 0 Å². The lowest BCUT2D eigenvalue weighted by Crippen LogP contribution is -2.26. The van der Waals surface area contributed by atoms with Crippen LogP contribution in [0.1, 0.15) is 0 Å². The highest BCUT2D eigenvalue weighted by molar-refractivity contribution is 5.80. The van der Waals surface area contributed by atoms with Gasteiger partial charge in [0.25, 0.3) is 0 Å².